The molecule has 1 saturated heterocycles. The number of fused-ring (bicyclic) bond motifs is 3. The summed E-state index contributed by atoms with van der Waals surface area (Å²) >= 11 is 0. The second kappa shape index (κ2) is 8.87. The van der Waals surface area contributed by atoms with Gasteiger partial charge < -0.3 is 4.90 Å². The summed E-state index contributed by atoms with van der Waals surface area (Å²) in [5, 5.41) is 10.3. The lowest BCUT2D eigenvalue weighted by molar-refractivity contribution is 0.304. The van der Waals surface area contributed by atoms with E-state index < -0.39 is 10.0 Å². The third-order valence-electron chi connectivity index (χ3n) is 7.42. The molecule has 0 N–H and O–H groups in total. The Labute approximate surface area is 205 Å². The summed E-state index contributed by atoms with van der Waals surface area (Å²) in [6.07, 6.45) is 5.93. The van der Waals surface area contributed by atoms with E-state index in [4.69, 9.17) is 4.98 Å². The number of hydrogen-bond donors (Lipinski definition) is 0. The van der Waals surface area contributed by atoms with E-state index in [9.17, 15) is 8.42 Å². The SMILES string of the molecule is CC1CN(c2nc3ccccc3c3nnc(C4CCCCC4)n23)CCN1S(=O)(=O)c1ccccc1. The van der Waals surface area contributed by atoms with Gasteiger partial charge in [-0.15, -0.1) is 10.2 Å². The van der Waals surface area contributed by atoms with Crippen LogP contribution in [0.5, 0.6) is 0 Å². The van der Waals surface area contributed by atoms with E-state index in [1.54, 1.807) is 28.6 Å². The monoisotopic (exact) mass is 490 g/mol. The largest absolute Gasteiger partial charge is 0.339 e. The van der Waals surface area contributed by atoms with Crippen LogP contribution in [-0.4, -0.2) is 58.0 Å². The summed E-state index contributed by atoms with van der Waals surface area (Å²) < 4.78 is 30.4. The van der Waals surface area contributed by atoms with Crippen LogP contribution < -0.4 is 4.90 Å². The van der Waals surface area contributed by atoms with Crippen LogP contribution in [0, 0.1) is 0 Å². The Balaban J connectivity index is 1.40. The van der Waals surface area contributed by atoms with Gasteiger partial charge in [0.05, 0.1) is 10.4 Å². The predicted octanol–water partition coefficient (Wildman–Crippen LogP) is 4.22. The Kier molecular flexibility index (Phi) is 5.69. The van der Waals surface area contributed by atoms with Gasteiger partial charge in [0, 0.05) is 37.0 Å². The molecule has 3 heterocycles. The minimum absolute atomic E-state index is 0.202. The third-order valence-corrected chi connectivity index (χ3v) is 9.45. The van der Waals surface area contributed by atoms with Gasteiger partial charge in [0.2, 0.25) is 16.0 Å². The second-order valence-electron chi connectivity index (χ2n) is 9.70. The molecule has 8 nitrogen and oxygen atoms in total. The summed E-state index contributed by atoms with van der Waals surface area (Å²) in [6, 6.07) is 16.5. The molecular weight excluding hydrogens is 460 g/mol. The lowest BCUT2D eigenvalue weighted by Crippen LogP contribution is -2.54. The van der Waals surface area contributed by atoms with Crippen LogP contribution in [0.1, 0.15) is 50.8 Å². The van der Waals surface area contributed by atoms with Gasteiger partial charge in [0.15, 0.2) is 5.65 Å². The molecule has 6 rings (SSSR count). The molecule has 9 heteroatoms. The predicted molar refractivity (Wildman–Crippen MR) is 136 cm³/mol. The maximum Gasteiger partial charge on any atom is 0.243 e. The molecule has 1 unspecified atom stereocenters. The number of sulfonamides is 1. The number of rotatable bonds is 4. The Morgan fingerprint density at radius 2 is 1.63 bits per heavy atom. The maximum absolute atomic E-state index is 13.3. The fraction of sp³-hybridized carbons (Fsp3) is 0.423. The molecule has 2 aromatic carbocycles. The van der Waals surface area contributed by atoms with Crippen LogP contribution in [0.25, 0.3) is 16.6 Å². The number of benzene rings is 2. The Hall–Kier alpha value is -3.04. The molecule has 2 aromatic heterocycles. The highest BCUT2D eigenvalue weighted by Crippen LogP contribution is 2.35. The van der Waals surface area contributed by atoms with Gasteiger partial charge >= 0.3 is 0 Å². The fourth-order valence-corrected chi connectivity index (χ4v) is 7.27. The molecule has 1 saturated carbocycles. The van der Waals surface area contributed by atoms with Gasteiger partial charge in [0.25, 0.3) is 0 Å². The first-order valence-corrected chi connectivity index (χ1v) is 13.9. The number of aromatic nitrogens is 4. The lowest BCUT2D eigenvalue weighted by Gasteiger charge is -2.39. The van der Waals surface area contributed by atoms with Crippen LogP contribution in [0.3, 0.4) is 0 Å². The highest BCUT2D eigenvalue weighted by atomic mass is 32.2. The number of nitrogens with zero attached hydrogens (tertiary/aromatic N) is 6. The molecule has 1 atom stereocenters. The van der Waals surface area contributed by atoms with Crippen molar-refractivity contribution in [3.05, 3.63) is 60.4 Å². The van der Waals surface area contributed by atoms with Crippen molar-refractivity contribution in [2.75, 3.05) is 24.5 Å². The van der Waals surface area contributed by atoms with Gasteiger partial charge in [-0.1, -0.05) is 49.6 Å². The van der Waals surface area contributed by atoms with Gasteiger partial charge in [-0.2, -0.15) is 4.31 Å². The number of anilines is 1. The summed E-state index contributed by atoms with van der Waals surface area (Å²) in [4.78, 5) is 7.62. The highest BCUT2D eigenvalue weighted by Gasteiger charge is 2.35. The number of para-hydroxylation sites is 1. The summed E-state index contributed by atoms with van der Waals surface area (Å²) in [5.41, 5.74) is 1.71. The normalized spacial score (nSPS) is 20.6. The van der Waals surface area contributed by atoms with E-state index in [1.807, 2.05) is 37.3 Å². The zero-order chi connectivity index (χ0) is 24.0. The second-order valence-corrected chi connectivity index (χ2v) is 11.6. The lowest BCUT2D eigenvalue weighted by atomic mass is 9.89. The maximum atomic E-state index is 13.3. The Morgan fingerprint density at radius 3 is 2.40 bits per heavy atom. The summed E-state index contributed by atoms with van der Waals surface area (Å²) in [7, 11) is -3.55. The molecule has 1 aliphatic carbocycles. The minimum Gasteiger partial charge on any atom is -0.339 e. The highest BCUT2D eigenvalue weighted by molar-refractivity contribution is 7.89. The molecule has 182 valence electrons. The molecule has 0 radical (unpaired) electrons. The topological polar surface area (TPSA) is 83.7 Å². The van der Waals surface area contributed by atoms with Crippen LogP contribution >= 0.6 is 0 Å². The molecule has 35 heavy (non-hydrogen) atoms. The van der Waals surface area contributed by atoms with Crippen molar-refractivity contribution in [1.29, 1.82) is 0 Å². The van der Waals surface area contributed by atoms with Crippen molar-refractivity contribution < 1.29 is 8.42 Å². The average Bonchev–Trinajstić information content (AvgIpc) is 3.35. The van der Waals surface area contributed by atoms with E-state index >= 15 is 0 Å². The van der Waals surface area contributed by atoms with Crippen molar-refractivity contribution in [3.8, 4) is 0 Å². The van der Waals surface area contributed by atoms with Crippen LogP contribution in [0.15, 0.2) is 59.5 Å². The van der Waals surface area contributed by atoms with E-state index in [1.165, 1.54) is 19.3 Å². The standard InChI is InChI=1S/C26H30N6O2S/c1-19-18-30(16-17-31(19)35(33,34)21-12-6-3-7-13-21)26-27-23-15-9-8-14-22(23)25-29-28-24(32(25)26)20-10-4-2-5-11-20/h3,6-9,12-15,19-20H,2,4-5,10-11,16-18H2,1H3. The van der Waals surface area contributed by atoms with Gasteiger partial charge in [-0.05, 0) is 44.0 Å². The van der Waals surface area contributed by atoms with Crippen LogP contribution in [0.2, 0.25) is 0 Å². The van der Waals surface area contributed by atoms with Crippen molar-refractivity contribution in [1.82, 2.24) is 23.9 Å². The first-order valence-electron chi connectivity index (χ1n) is 12.5. The van der Waals surface area contributed by atoms with Crippen molar-refractivity contribution in [3.63, 3.8) is 0 Å². The van der Waals surface area contributed by atoms with Gasteiger partial charge in [-0.25, -0.2) is 17.8 Å². The van der Waals surface area contributed by atoms with Crippen molar-refractivity contribution in [2.24, 2.45) is 0 Å². The van der Waals surface area contributed by atoms with Crippen LogP contribution in [0.4, 0.5) is 5.95 Å². The molecular formula is C26H30N6O2S. The zero-order valence-electron chi connectivity index (χ0n) is 19.9. The van der Waals surface area contributed by atoms with E-state index in [0.717, 1.165) is 41.2 Å². The van der Waals surface area contributed by atoms with Crippen LogP contribution in [-0.2, 0) is 10.0 Å². The van der Waals surface area contributed by atoms with Crippen molar-refractivity contribution >= 4 is 32.5 Å². The number of hydrogen-bond acceptors (Lipinski definition) is 6. The number of piperazine rings is 1. The molecule has 0 amide bonds. The molecule has 2 fully saturated rings. The average molecular weight is 491 g/mol. The first kappa shape index (κ1) is 22.4. The van der Waals surface area contributed by atoms with Gasteiger partial charge in [-0.3, -0.25) is 0 Å². The molecule has 0 spiro atoms. The molecule has 2 aliphatic rings. The van der Waals surface area contributed by atoms with Crippen molar-refractivity contribution in [2.45, 2.75) is 55.9 Å². The van der Waals surface area contributed by atoms with E-state index in [-0.39, 0.29) is 6.04 Å². The van der Waals surface area contributed by atoms with Gasteiger partial charge in [0.1, 0.15) is 5.82 Å². The molecule has 0 bridgehead atoms. The summed E-state index contributed by atoms with van der Waals surface area (Å²) in [5.74, 6) is 2.17. The fourth-order valence-electron chi connectivity index (χ4n) is 5.63. The molecule has 4 aromatic rings. The minimum atomic E-state index is -3.55. The zero-order valence-corrected chi connectivity index (χ0v) is 20.7. The van der Waals surface area contributed by atoms with E-state index in [0.29, 0.717) is 30.4 Å². The Bertz CT molecular complexity index is 1460. The Morgan fingerprint density at radius 1 is 0.886 bits per heavy atom. The summed E-state index contributed by atoms with van der Waals surface area (Å²) in [6.45, 7) is 3.47. The third kappa shape index (κ3) is 3.87. The smallest absolute Gasteiger partial charge is 0.243 e. The molecule has 1 aliphatic heterocycles. The quantitative estimate of drug-likeness (QED) is 0.426. The first-order chi connectivity index (χ1) is 17.0. The van der Waals surface area contributed by atoms with E-state index in [2.05, 4.69) is 19.5 Å².